The highest BCUT2D eigenvalue weighted by Crippen LogP contribution is 2.54. The van der Waals surface area contributed by atoms with E-state index in [1.807, 2.05) is 0 Å². The van der Waals surface area contributed by atoms with Crippen molar-refractivity contribution in [2.45, 2.75) is 91.3 Å². The maximum absolute atomic E-state index is 14.9. The maximum Gasteiger partial charge on any atom is 0.245 e. The Morgan fingerprint density at radius 2 is 1.78 bits per heavy atom. The lowest BCUT2D eigenvalue weighted by molar-refractivity contribution is -0.00104. The Labute approximate surface area is 192 Å². The molecular weight excluding hydrogens is 461 g/mol. The number of thioether (sulfide) groups is 1. The van der Waals surface area contributed by atoms with Crippen LogP contribution in [0.4, 0.5) is 18.9 Å². The van der Waals surface area contributed by atoms with Crippen molar-refractivity contribution in [2.24, 2.45) is 0 Å². The molecule has 0 spiro atoms. The fourth-order valence-corrected chi connectivity index (χ4v) is 7.63. The molecule has 2 bridgehead atoms. The minimum Gasteiger partial charge on any atom is -0.507 e. The molecule has 1 N–H and O–H groups in total. The van der Waals surface area contributed by atoms with Gasteiger partial charge in [0.2, 0.25) is 15.9 Å². The van der Waals surface area contributed by atoms with E-state index in [0.717, 1.165) is 6.92 Å². The minimum atomic E-state index is -4.02. The van der Waals surface area contributed by atoms with Gasteiger partial charge < -0.3 is 10.0 Å². The molecule has 0 amide bonds. The Balaban J connectivity index is 1.84. The molecule has 1 atom stereocenters. The Morgan fingerprint density at radius 1 is 1.19 bits per heavy atom. The van der Waals surface area contributed by atoms with E-state index in [2.05, 4.69) is 4.90 Å². The summed E-state index contributed by atoms with van der Waals surface area (Å²) in [6.45, 7) is 1.10. The van der Waals surface area contributed by atoms with Crippen LogP contribution in [0.2, 0.25) is 0 Å². The quantitative estimate of drug-likeness (QED) is 0.575. The first-order chi connectivity index (χ1) is 14.8. The largest absolute Gasteiger partial charge is 0.507 e. The topological polar surface area (TPSA) is 60.9 Å². The van der Waals surface area contributed by atoms with Crippen LogP contribution in [0.25, 0.3) is 0 Å². The smallest absolute Gasteiger partial charge is 0.245 e. The Kier molecular flexibility index (Phi) is 5.98. The summed E-state index contributed by atoms with van der Waals surface area (Å²) in [6, 6.07) is 2.31. The molecule has 0 aromatic heterocycles. The number of hydrogen-bond donors (Lipinski definition) is 1. The van der Waals surface area contributed by atoms with Gasteiger partial charge in [0.1, 0.15) is 16.3 Å². The number of benzene rings is 1. The molecule has 10 heteroatoms. The first-order valence-electron chi connectivity index (χ1n) is 11.0. The summed E-state index contributed by atoms with van der Waals surface area (Å²) >= 11 is 1.31. The van der Waals surface area contributed by atoms with Crippen LogP contribution < -0.4 is 4.90 Å². The highest BCUT2D eigenvalue weighted by atomic mass is 32.2. The lowest BCUT2D eigenvalue weighted by atomic mass is 9.63. The molecule has 32 heavy (non-hydrogen) atoms. The number of sulfonamides is 1. The number of hydrogen-bond acceptors (Lipinski definition) is 5. The lowest BCUT2D eigenvalue weighted by Crippen LogP contribution is -2.60. The van der Waals surface area contributed by atoms with Crippen LogP contribution in [0.1, 0.15) is 58.3 Å². The lowest BCUT2D eigenvalue weighted by Gasteiger charge is -2.56. The van der Waals surface area contributed by atoms with Gasteiger partial charge >= 0.3 is 0 Å². The van der Waals surface area contributed by atoms with Crippen LogP contribution in [0.3, 0.4) is 0 Å². The van der Waals surface area contributed by atoms with Crippen LogP contribution in [0.5, 0.6) is 5.75 Å². The van der Waals surface area contributed by atoms with Crippen molar-refractivity contribution in [2.75, 3.05) is 24.7 Å². The summed E-state index contributed by atoms with van der Waals surface area (Å²) in [5.41, 5.74) is -1.08. The molecule has 3 saturated carbocycles. The maximum atomic E-state index is 14.9. The summed E-state index contributed by atoms with van der Waals surface area (Å²) in [6.07, 6.45) is 4.44. The zero-order valence-corrected chi connectivity index (χ0v) is 20.3. The first kappa shape index (κ1) is 24.0. The number of phenolic OH excluding ortho intramolecular Hbond substituents is 1. The highest BCUT2D eigenvalue weighted by molar-refractivity contribution is 7.98. The third-order valence-electron chi connectivity index (χ3n) is 7.72. The second-order valence-corrected chi connectivity index (χ2v) is 12.6. The zero-order chi connectivity index (χ0) is 23.5. The molecule has 1 aromatic carbocycles. The third kappa shape index (κ3) is 4.11. The number of aromatic hydroxyl groups is 1. The van der Waals surface area contributed by atoms with Gasteiger partial charge in [0.25, 0.3) is 0 Å². The highest BCUT2D eigenvalue weighted by Gasteiger charge is 2.54. The van der Waals surface area contributed by atoms with E-state index >= 15 is 0 Å². The van der Waals surface area contributed by atoms with Gasteiger partial charge in [0, 0.05) is 37.7 Å². The van der Waals surface area contributed by atoms with Gasteiger partial charge in [-0.1, -0.05) is 0 Å². The number of phenols is 1. The fourth-order valence-electron chi connectivity index (χ4n) is 5.56. The molecule has 0 unspecified atom stereocenters. The van der Waals surface area contributed by atoms with E-state index in [1.165, 1.54) is 29.2 Å². The van der Waals surface area contributed by atoms with E-state index in [4.69, 9.17) is 0 Å². The second-order valence-electron chi connectivity index (χ2n) is 9.76. The van der Waals surface area contributed by atoms with Crippen LogP contribution in [0, 0.1) is 0 Å². The zero-order valence-electron chi connectivity index (χ0n) is 18.7. The number of nitrogens with zero attached hydrogens (tertiary/aromatic N) is 2. The van der Waals surface area contributed by atoms with Gasteiger partial charge in [0.05, 0.1) is 10.6 Å². The van der Waals surface area contributed by atoms with Gasteiger partial charge in [-0.3, -0.25) is 0 Å². The van der Waals surface area contributed by atoms with Gasteiger partial charge in [-0.15, -0.1) is 11.8 Å². The average Bonchev–Trinajstić information content (AvgIpc) is 2.80. The monoisotopic (exact) mass is 492 g/mol. The van der Waals surface area contributed by atoms with Gasteiger partial charge in [-0.2, -0.15) is 4.31 Å². The molecule has 0 radical (unpaired) electrons. The third-order valence-corrected chi connectivity index (χ3v) is 10.4. The predicted molar refractivity (Wildman–Crippen MR) is 120 cm³/mol. The molecule has 1 heterocycles. The molecular formula is C22H31F3N2O3S2. The molecule has 180 valence electrons. The van der Waals surface area contributed by atoms with Gasteiger partial charge in [-0.05, 0) is 64.2 Å². The van der Waals surface area contributed by atoms with Crippen molar-refractivity contribution >= 4 is 27.5 Å². The van der Waals surface area contributed by atoms with Crippen molar-refractivity contribution in [1.82, 2.24) is 4.31 Å². The summed E-state index contributed by atoms with van der Waals surface area (Å²) < 4.78 is 70.5. The Bertz CT molecular complexity index is 972. The Morgan fingerprint density at radius 3 is 2.31 bits per heavy atom. The van der Waals surface area contributed by atoms with E-state index in [1.54, 1.807) is 12.3 Å². The molecule has 3 aliphatic carbocycles. The SMILES string of the molecule is CSc1cc2c(cc1O)S(=O)(=O)N(C)[C@H](CCC(C)(F)F)CN2C12CCC(F)(CC1)CC2. The summed E-state index contributed by atoms with van der Waals surface area (Å²) in [5.74, 6) is -3.03. The number of likely N-dealkylation sites (N-methyl/N-ethyl adjacent to an activating group) is 1. The second kappa shape index (κ2) is 7.98. The van der Waals surface area contributed by atoms with Crippen LogP contribution in [-0.2, 0) is 10.0 Å². The van der Waals surface area contributed by atoms with Gasteiger partial charge in [0.15, 0.2) is 0 Å². The Hall–Kier alpha value is -1.13. The van der Waals surface area contributed by atoms with E-state index in [9.17, 15) is 26.7 Å². The summed E-state index contributed by atoms with van der Waals surface area (Å²) in [5, 5.41) is 10.4. The number of fused-ring (bicyclic) bond motifs is 4. The summed E-state index contributed by atoms with van der Waals surface area (Å²) in [7, 11) is -2.60. The van der Waals surface area contributed by atoms with Crippen molar-refractivity contribution in [1.29, 1.82) is 0 Å². The fraction of sp³-hybridized carbons (Fsp3) is 0.727. The number of halogens is 3. The van der Waals surface area contributed by atoms with Gasteiger partial charge in [-0.25, -0.2) is 21.6 Å². The molecule has 4 aliphatic rings. The number of rotatable bonds is 5. The number of alkyl halides is 3. The van der Waals surface area contributed by atoms with E-state index in [0.29, 0.717) is 49.1 Å². The van der Waals surface area contributed by atoms with E-state index < -0.39 is 39.6 Å². The average molecular weight is 493 g/mol. The minimum absolute atomic E-state index is 0.00815. The summed E-state index contributed by atoms with van der Waals surface area (Å²) in [4.78, 5) is 2.59. The molecule has 1 aliphatic heterocycles. The molecule has 3 fully saturated rings. The normalized spacial score (nSPS) is 32.6. The predicted octanol–water partition coefficient (Wildman–Crippen LogP) is 5.17. The van der Waals surface area contributed by atoms with Crippen molar-refractivity contribution in [3.8, 4) is 5.75 Å². The van der Waals surface area contributed by atoms with Crippen molar-refractivity contribution in [3.05, 3.63) is 12.1 Å². The molecule has 5 rings (SSSR count). The van der Waals surface area contributed by atoms with Crippen molar-refractivity contribution in [3.63, 3.8) is 0 Å². The van der Waals surface area contributed by atoms with E-state index in [-0.39, 0.29) is 23.6 Å². The van der Waals surface area contributed by atoms with Crippen molar-refractivity contribution < 1.29 is 26.7 Å². The molecule has 0 saturated heterocycles. The first-order valence-corrected chi connectivity index (χ1v) is 13.7. The van der Waals surface area contributed by atoms with Crippen LogP contribution >= 0.6 is 11.8 Å². The number of anilines is 1. The van der Waals surface area contributed by atoms with Crippen LogP contribution in [-0.4, -0.2) is 60.8 Å². The molecule has 1 aromatic rings. The molecule has 5 nitrogen and oxygen atoms in total. The van der Waals surface area contributed by atoms with Crippen LogP contribution in [0.15, 0.2) is 21.9 Å². The standard InChI is InChI=1S/C22H31F3N2O3S2/c1-20(23,24)5-4-15-14-27(22-9-6-21(25,7-10-22)8-11-22)16-12-18(31-3)17(28)13-19(16)32(29,30)26(15)2/h12-13,15,28H,4-11,14H2,1-3H3/t15-,21?,22?/m1/s1.